The average molecular weight is 779 g/mol. The maximum Gasteiger partial charge on any atom is 0.258 e. The Labute approximate surface area is 323 Å². The standard InChI is InChI=1S/C42H30Cl2FN3O7/c1-54-34-20-22(7-19-32(34)49)6-18-30-27-16-17-28-35(29(27)21-41(43)39(52)48(40(53)42(30,41)44)26-14-10-24(45)11-15-26)38(51)47(37(28)50)25-12-8-23(9-13-25)36-46-31-4-2-3-5-33(31)55-36/h2-16,18-20,28-30,35,49H,17,21H2,1H3. The summed E-state index contributed by atoms with van der Waals surface area (Å²) >= 11 is 14.8. The second-order valence-electron chi connectivity index (χ2n) is 14.1. The molecule has 3 fully saturated rings. The molecule has 4 aliphatic rings. The lowest BCUT2D eigenvalue weighted by molar-refractivity contribution is -0.125. The Kier molecular flexibility index (Phi) is 8.03. The lowest BCUT2D eigenvalue weighted by atomic mass is 9.57. The number of ether oxygens (including phenoxy) is 1. The fraction of sp³-hybridized carbons (Fsp3) is 0.214. The highest BCUT2D eigenvalue weighted by atomic mass is 35.5. The Morgan fingerprint density at radius 1 is 0.891 bits per heavy atom. The highest BCUT2D eigenvalue weighted by Gasteiger charge is 2.76. The number of rotatable bonds is 6. The Bertz CT molecular complexity index is 2490. The predicted molar refractivity (Wildman–Crippen MR) is 203 cm³/mol. The van der Waals surface area contributed by atoms with E-state index >= 15 is 0 Å². The molecule has 13 heteroatoms. The lowest BCUT2D eigenvalue weighted by Crippen LogP contribution is -2.60. The molecule has 276 valence electrons. The van der Waals surface area contributed by atoms with E-state index in [4.69, 9.17) is 32.4 Å². The van der Waals surface area contributed by atoms with Crippen molar-refractivity contribution in [2.24, 2.45) is 23.7 Å². The van der Waals surface area contributed by atoms with Gasteiger partial charge in [0.05, 0.1) is 30.3 Å². The molecule has 9 rings (SSSR count). The molecule has 4 aromatic carbocycles. The van der Waals surface area contributed by atoms with Gasteiger partial charge in [0.1, 0.15) is 11.3 Å². The smallest absolute Gasteiger partial charge is 0.258 e. The van der Waals surface area contributed by atoms with Crippen molar-refractivity contribution in [3.8, 4) is 23.0 Å². The molecule has 1 N–H and O–H groups in total. The molecule has 6 unspecified atom stereocenters. The minimum Gasteiger partial charge on any atom is -0.504 e. The number of fused-ring (bicyclic) bond motifs is 5. The van der Waals surface area contributed by atoms with Crippen molar-refractivity contribution < 1.29 is 37.8 Å². The van der Waals surface area contributed by atoms with Crippen LogP contribution in [0.15, 0.2) is 113 Å². The van der Waals surface area contributed by atoms with E-state index in [9.17, 15) is 28.7 Å². The molecule has 2 aliphatic carbocycles. The number of aromatic nitrogens is 1. The average Bonchev–Trinajstić information content (AvgIpc) is 3.78. The van der Waals surface area contributed by atoms with Gasteiger partial charge in [-0.1, -0.05) is 42.0 Å². The van der Waals surface area contributed by atoms with Crippen LogP contribution in [-0.4, -0.2) is 50.6 Å². The third-order valence-electron chi connectivity index (χ3n) is 11.3. The van der Waals surface area contributed by atoms with Gasteiger partial charge in [-0.3, -0.25) is 24.1 Å². The first-order chi connectivity index (χ1) is 26.4. The van der Waals surface area contributed by atoms with Crippen LogP contribution >= 0.6 is 23.2 Å². The number of carbonyl (C=O) groups excluding carboxylic acids is 4. The number of methoxy groups -OCH3 is 1. The fourth-order valence-electron chi connectivity index (χ4n) is 8.66. The number of alkyl halides is 2. The number of halogens is 3. The quantitative estimate of drug-likeness (QED) is 0.106. The number of oxazole rings is 1. The highest BCUT2D eigenvalue weighted by molar-refractivity contribution is 6.58. The molecule has 6 atom stereocenters. The van der Waals surface area contributed by atoms with Gasteiger partial charge in [-0.05, 0) is 97.1 Å². The SMILES string of the molecule is COc1cc(C=CC2C3=CCC4C(=O)N(c5ccc(-c6nc7ccccc7o6)cc5)C(=O)C4C3CC3(Cl)C(=O)N(c4ccc(F)cc4)C(=O)C23Cl)ccc1O. The summed E-state index contributed by atoms with van der Waals surface area (Å²) in [4.78, 5) is 60.0. The third-order valence-corrected chi connectivity index (χ3v) is 12.7. The maximum absolute atomic E-state index is 14.5. The molecular formula is C42H30Cl2FN3O7. The van der Waals surface area contributed by atoms with Gasteiger partial charge in [0.2, 0.25) is 17.7 Å². The van der Waals surface area contributed by atoms with E-state index in [2.05, 4.69) is 4.98 Å². The van der Waals surface area contributed by atoms with Crippen LogP contribution in [0.3, 0.4) is 0 Å². The van der Waals surface area contributed by atoms with E-state index < -0.39 is 62.9 Å². The number of hydrogen-bond donors (Lipinski definition) is 1. The topological polar surface area (TPSA) is 130 Å². The molecule has 1 aromatic heterocycles. The molecule has 1 saturated carbocycles. The normalized spacial score (nSPS) is 27.5. The highest BCUT2D eigenvalue weighted by Crippen LogP contribution is 2.63. The Hall–Kier alpha value is -5.78. The van der Waals surface area contributed by atoms with Crippen LogP contribution < -0.4 is 14.5 Å². The number of amides is 4. The van der Waals surface area contributed by atoms with E-state index in [0.29, 0.717) is 39.4 Å². The van der Waals surface area contributed by atoms with Gasteiger partial charge in [0, 0.05) is 11.5 Å². The molecule has 2 aliphatic heterocycles. The maximum atomic E-state index is 14.5. The number of hydrogen-bond acceptors (Lipinski definition) is 8. The third kappa shape index (κ3) is 5.09. The van der Waals surface area contributed by atoms with E-state index in [1.807, 2.05) is 30.3 Å². The summed E-state index contributed by atoms with van der Waals surface area (Å²) in [5.41, 5.74) is 3.62. The fourth-order valence-corrected chi connectivity index (χ4v) is 9.55. The first-order valence-electron chi connectivity index (χ1n) is 17.6. The number of para-hydroxylation sites is 2. The van der Waals surface area contributed by atoms with Crippen molar-refractivity contribution in [2.45, 2.75) is 22.6 Å². The number of nitrogens with zero attached hydrogens (tertiary/aromatic N) is 3. The second kappa shape index (κ2) is 12.6. The minimum atomic E-state index is -2.07. The molecule has 0 spiro atoms. The van der Waals surface area contributed by atoms with E-state index in [1.54, 1.807) is 48.6 Å². The largest absolute Gasteiger partial charge is 0.504 e. The first-order valence-corrected chi connectivity index (χ1v) is 18.3. The number of phenolic OH excluding ortho intramolecular Hbond substituents is 1. The second-order valence-corrected chi connectivity index (χ2v) is 15.4. The molecule has 5 aromatic rings. The molecule has 55 heavy (non-hydrogen) atoms. The lowest BCUT2D eigenvalue weighted by Gasteiger charge is -2.49. The van der Waals surface area contributed by atoms with Gasteiger partial charge in [-0.15, -0.1) is 23.2 Å². The van der Waals surface area contributed by atoms with Gasteiger partial charge in [-0.2, -0.15) is 0 Å². The van der Waals surface area contributed by atoms with Crippen molar-refractivity contribution >= 4 is 75.4 Å². The zero-order chi connectivity index (χ0) is 38.4. The number of phenols is 1. The Balaban J connectivity index is 1.10. The Morgan fingerprint density at radius 2 is 1.60 bits per heavy atom. The summed E-state index contributed by atoms with van der Waals surface area (Å²) in [7, 11) is 1.41. The van der Waals surface area contributed by atoms with Crippen molar-refractivity contribution in [1.82, 2.24) is 4.98 Å². The molecule has 10 nitrogen and oxygen atoms in total. The zero-order valence-corrected chi connectivity index (χ0v) is 30.5. The van der Waals surface area contributed by atoms with Crippen molar-refractivity contribution in [2.75, 3.05) is 16.9 Å². The molecule has 0 radical (unpaired) electrons. The van der Waals surface area contributed by atoms with Gasteiger partial charge in [-0.25, -0.2) is 14.3 Å². The summed E-state index contributed by atoms with van der Waals surface area (Å²) in [6.45, 7) is 0. The number of imide groups is 2. The van der Waals surface area contributed by atoms with Crippen LogP contribution in [0.25, 0.3) is 28.6 Å². The zero-order valence-electron chi connectivity index (χ0n) is 29.0. The Morgan fingerprint density at radius 3 is 2.33 bits per heavy atom. The summed E-state index contributed by atoms with van der Waals surface area (Å²) in [5.74, 6) is -5.94. The molecular weight excluding hydrogens is 748 g/mol. The van der Waals surface area contributed by atoms with Crippen LogP contribution in [-0.2, 0) is 19.2 Å². The van der Waals surface area contributed by atoms with Gasteiger partial charge < -0.3 is 14.3 Å². The van der Waals surface area contributed by atoms with Crippen LogP contribution in [0.2, 0.25) is 0 Å². The molecule has 4 amide bonds. The van der Waals surface area contributed by atoms with Crippen LogP contribution in [0, 0.1) is 29.5 Å². The number of carbonyl (C=O) groups is 4. The monoisotopic (exact) mass is 777 g/mol. The van der Waals surface area contributed by atoms with E-state index in [0.717, 1.165) is 17.0 Å². The van der Waals surface area contributed by atoms with E-state index in [-0.39, 0.29) is 30.0 Å². The van der Waals surface area contributed by atoms with Gasteiger partial charge >= 0.3 is 0 Å². The molecule has 0 bridgehead atoms. The number of aromatic hydroxyl groups is 1. The summed E-state index contributed by atoms with van der Waals surface area (Å²) < 4.78 is 25.1. The number of allylic oxidation sites excluding steroid dienone is 3. The first kappa shape index (κ1) is 35.0. The summed E-state index contributed by atoms with van der Waals surface area (Å²) in [6, 6.07) is 23.7. The van der Waals surface area contributed by atoms with Crippen molar-refractivity contribution in [3.05, 3.63) is 120 Å². The van der Waals surface area contributed by atoms with E-state index in [1.165, 1.54) is 30.2 Å². The van der Waals surface area contributed by atoms with Crippen LogP contribution in [0.4, 0.5) is 15.8 Å². The number of benzene rings is 4. The molecule has 3 heterocycles. The molecule has 2 saturated heterocycles. The minimum absolute atomic E-state index is 0.0756. The van der Waals surface area contributed by atoms with Crippen LogP contribution in [0.1, 0.15) is 18.4 Å². The van der Waals surface area contributed by atoms with Crippen molar-refractivity contribution in [1.29, 1.82) is 0 Å². The van der Waals surface area contributed by atoms with Gasteiger partial charge in [0.15, 0.2) is 26.8 Å². The summed E-state index contributed by atoms with van der Waals surface area (Å²) in [6.07, 6.45) is 5.14. The number of anilines is 2. The summed E-state index contributed by atoms with van der Waals surface area (Å²) in [5, 5.41) is 10.2. The van der Waals surface area contributed by atoms with Crippen molar-refractivity contribution in [3.63, 3.8) is 0 Å². The predicted octanol–water partition coefficient (Wildman–Crippen LogP) is 7.66. The van der Waals surface area contributed by atoms with Crippen LogP contribution in [0.5, 0.6) is 11.5 Å². The van der Waals surface area contributed by atoms with Gasteiger partial charge in [0.25, 0.3) is 11.8 Å².